The van der Waals surface area contributed by atoms with Crippen LogP contribution in [0, 0.1) is 6.92 Å². The molecule has 0 saturated heterocycles. The van der Waals surface area contributed by atoms with Crippen molar-refractivity contribution in [1.82, 2.24) is 19.9 Å². The van der Waals surface area contributed by atoms with Crippen molar-refractivity contribution < 1.29 is 4.79 Å². The number of aryl methyl sites for hydroxylation is 1. The molecule has 130 valence electrons. The fourth-order valence-corrected chi connectivity index (χ4v) is 3.41. The average Bonchev–Trinajstić information content (AvgIpc) is 2.98. The number of H-pyrrole nitrogens is 1. The van der Waals surface area contributed by atoms with Crippen LogP contribution in [0.1, 0.15) is 24.2 Å². The van der Waals surface area contributed by atoms with E-state index in [0.29, 0.717) is 16.2 Å². The number of thioether (sulfide) groups is 1. The second kappa shape index (κ2) is 7.14. The molecule has 0 bridgehead atoms. The van der Waals surface area contributed by atoms with E-state index in [4.69, 9.17) is 0 Å². The summed E-state index contributed by atoms with van der Waals surface area (Å²) in [5.41, 5.74) is 2.91. The van der Waals surface area contributed by atoms with E-state index in [1.54, 1.807) is 7.05 Å². The van der Waals surface area contributed by atoms with Gasteiger partial charge in [-0.1, -0.05) is 42.1 Å². The Kier molecular flexibility index (Phi) is 4.94. The molecule has 0 aliphatic rings. The summed E-state index contributed by atoms with van der Waals surface area (Å²) in [7, 11) is 1.66. The lowest BCUT2D eigenvalue weighted by molar-refractivity contribution is -0.119. The Morgan fingerprint density at radius 2 is 2.08 bits per heavy atom. The van der Waals surface area contributed by atoms with Crippen LogP contribution >= 0.6 is 11.8 Å². The monoisotopic (exact) mass is 356 g/mol. The zero-order chi connectivity index (χ0) is 18.0. The van der Waals surface area contributed by atoms with Crippen molar-refractivity contribution in [3.05, 3.63) is 58.0 Å². The molecule has 1 amide bonds. The Morgan fingerprint density at radius 1 is 1.36 bits per heavy atom. The van der Waals surface area contributed by atoms with Crippen LogP contribution < -0.4 is 10.9 Å². The number of hydrogen-bond donors (Lipinski definition) is 2. The van der Waals surface area contributed by atoms with E-state index in [1.165, 1.54) is 16.3 Å². The Labute approximate surface area is 149 Å². The van der Waals surface area contributed by atoms with E-state index in [0.717, 1.165) is 11.3 Å². The van der Waals surface area contributed by atoms with Gasteiger partial charge in [0.15, 0.2) is 5.16 Å². The third-order valence-corrected chi connectivity index (χ3v) is 4.99. The summed E-state index contributed by atoms with van der Waals surface area (Å²) in [5.74, 6) is 0.104. The summed E-state index contributed by atoms with van der Waals surface area (Å²) in [6, 6.07) is 11.6. The van der Waals surface area contributed by atoms with Gasteiger partial charge in [0.05, 0.1) is 17.3 Å². The van der Waals surface area contributed by atoms with Gasteiger partial charge in [-0.15, -0.1) is 0 Å². The van der Waals surface area contributed by atoms with E-state index in [2.05, 4.69) is 15.3 Å². The highest BCUT2D eigenvalue weighted by molar-refractivity contribution is 7.99. The topological polar surface area (TPSA) is 79.8 Å². The number of nitrogens with one attached hydrogen (secondary N) is 2. The molecule has 7 heteroatoms. The number of carbonyl (C=O) groups is 1. The van der Waals surface area contributed by atoms with Crippen LogP contribution in [0.15, 0.2) is 46.3 Å². The number of aromatic amines is 1. The number of nitrogens with zero attached hydrogens (tertiary/aromatic N) is 2. The molecule has 0 radical (unpaired) electrons. The number of amides is 1. The lowest BCUT2D eigenvalue weighted by Crippen LogP contribution is -2.28. The fraction of sp³-hybridized carbons (Fsp3) is 0.278. The van der Waals surface area contributed by atoms with Crippen LogP contribution in [0.5, 0.6) is 0 Å². The fourth-order valence-electron chi connectivity index (χ4n) is 2.63. The molecule has 1 aromatic carbocycles. The minimum atomic E-state index is -0.140. The first-order valence-electron chi connectivity index (χ1n) is 7.99. The van der Waals surface area contributed by atoms with Crippen molar-refractivity contribution in [2.45, 2.75) is 25.0 Å². The summed E-state index contributed by atoms with van der Waals surface area (Å²) in [5, 5.41) is 3.49. The maximum atomic E-state index is 12.3. The number of carbonyl (C=O) groups excluding carboxylic acids is 1. The van der Waals surface area contributed by atoms with Crippen LogP contribution in [0.2, 0.25) is 0 Å². The highest BCUT2D eigenvalue weighted by Crippen LogP contribution is 2.18. The summed E-state index contributed by atoms with van der Waals surface area (Å²) in [6.07, 6.45) is 0. The first-order valence-corrected chi connectivity index (χ1v) is 8.97. The molecule has 2 N–H and O–H groups in total. The molecular formula is C18H20N4O2S. The Hall–Kier alpha value is -2.54. The van der Waals surface area contributed by atoms with Crippen molar-refractivity contribution in [1.29, 1.82) is 0 Å². The molecule has 3 aromatic rings. The van der Waals surface area contributed by atoms with Crippen molar-refractivity contribution in [2.24, 2.45) is 7.05 Å². The molecule has 25 heavy (non-hydrogen) atoms. The molecule has 0 unspecified atom stereocenters. The summed E-state index contributed by atoms with van der Waals surface area (Å²) in [6.45, 7) is 3.83. The Balaban J connectivity index is 1.69. The van der Waals surface area contributed by atoms with Gasteiger partial charge in [0.2, 0.25) is 5.91 Å². The molecule has 0 spiro atoms. The second-order valence-electron chi connectivity index (χ2n) is 5.96. The summed E-state index contributed by atoms with van der Waals surface area (Å²) < 4.78 is 1.47. The molecule has 0 saturated carbocycles. The van der Waals surface area contributed by atoms with Crippen LogP contribution in [-0.2, 0) is 11.8 Å². The van der Waals surface area contributed by atoms with Gasteiger partial charge in [0.1, 0.15) is 5.52 Å². The van der Waals surface area contributed by atoms with Gasteiger partial charge >= 0.3 is 0 Å². The maximum Gasteiger partial charge on any atom is 0.278 e. The normalized spacial score (nSPS) is 12.3. The largest absolute Gasteiger partial charge is 0.353 e. The standard InChI is InChI=1S/C18H20N4O2S/c1-11-9-14-16(19-11)17(24)22(3)18(21-14)25-10-15(23)20-12(2)13-7-5-4-6-8-13/h4-9,12,19H,10H2,1-3H3,(H,20,23)/t12-/m1/s1. The molecule has 0 aliphatic heterocycles. The van der Waals surface area contributed by atoms with Gasteiger partial charge < -0.3 is 10.3 Å². The van der Waals surface area contributed by atoms with Crippen molar-refractivity contribution in [3.63, 3.8) is 0 Å². The first kappa shape index (κ1) is 17.3. The lowest BCUT2D eigenvalue weighted by atomic mass is 10.1. The predicted molar refractivity (Wildman–Crippen MR) is 99.8 cm³/mol. The number of aromatic nitrogens is 3. The Bertz CT molecular complexity index is 962. The van der Waals surface area contributed by atoms with Crippen LogP contribution in [0.4, 0.5) is 0 Å². The van der Waals surface area contributed by atoms with E-state index in [1.807, 2.05) is 50.2 Å². The molecule has 3 rings (SSSR count). The molecule has 1 atom stereocenters. The van der Waals surface area contributed by atoms with Crippen molar-refractivity contribution in [3.8, 4) is 0 Å². The van der Waals surface area contributed by atoms with Gasteiger partial charge in [0.25, 0.3) is 5.56 Å². The van der Waals surface area contributed by atoms with Gasteiger partial charge in [-0.2, -0.15) is 0 Å². The number of fused-ring (bicyclic) bond motifs is 1. The minimum Gasteiger partial charge on any atom is -0.353 e. The zero-order valence-corrected chi connectivity index (χ0v) is 15.2. The average molecular weight is 356 g/mol. The molecule has 2 heterocycles. The molecule has 6 nitrogen and oxygen atoms in total. The zero-order valence-electron chi connectivity index (χ0n) is 14.4. The van der Waals surface area contributed by atoms with Crippen molar-refractivity contribution in [2.75, 3.05) is 5.75 Å². The number of rotatable bonds is 5. The highest BCUT2D eigenvalue weighted by Gasteiger charge is 2.14. The molecular weight excluding hydrogens is 336 g/mol. The Morgan fingerprint density at radius 3 is 2.80 bits per heavy atom. The SMILES string of the molecule is Cc1cc2nc(SCC(=O)N[C@H](C)c3ccccc3)n(C)c(=O)c2[nH]1. The van der Waals surface area contributed by atoms with Gasteiger partial charge in [-0.3, -0.25) is 14.2 Å². The number of benzene rings is 1. The van der Waals surface area contributed by atoms with Gasteiger partial charge in [-0.05, 0) is 25.5 Å². The quantitative estimate of drug-likeness (QED) is 0.544. The second-order valence-corrected chi connectivity index (χ2v) is 6.90. The first-order chi connectivity index (χ1) is 12.0. The summed E-state index contributed by atoms with van der Waals surface area (Å²) in [4.78, 5) is 32.1. The number of hydrogen-bond acceptors (Lipinski definition) is 4. The van der Waals surface area contributed by atoms with Crippen LogP contribution in [-0.4, -0.2) is 26.2 Å². The smallest absolute Gasteiger partial charge is 0.278 e. The highest BCUT2D eigenvalue weighted by atomic mass is 32.2. The predicted octanol–water partition coefficient (Wildman–Crippen LogP) is 2.54. The van der Waals surface area contributed by atoms with Crippen LogP contribution in [0.3, 0.4) is 0 Å². The van der Waals surface area contributed by atoms with Crippen molar-refractivity contribution >= 4 is 28.7 Å². The maximum absolute atomic E-state index is 12.3. The lowest BCUT2D eigenvalue weighted by Gasteiger charge is -2.14. The van der Waals surface area contributed by atoms with E-state index < -0.39 is 0 Å². The van der Waals surface area contributed by atoms with E-state index in [9.17, 15) is 9.59 Å². The third-order valence-electron chi connectivity index (χ3n) is 3.96. The molecule has 0 fully saturated rings. The third kappa shape index (κ3) is 3.76. The van der Waals surface area contributed by atoms with Gasteiger partial charge in [0, 0.05) is 12.7 Å². The van der Waals surface area contributed by atoms with Crippen LogP contribution in [0.25, 0.3) is 11.0 Å². The molecule has 0 aliphatic carbocycles. The van der Waals surface area contributed by atoms with Gasteiger partial charge in [-0.25, -0.2) is 4.98 Å². The van der Waals surface area contributed by atoms with E-state index in [-0.39, 0.29) is 23.3 Å². The minimum absolute atomic E-state index is 0.0686. The van der Waals surface area contributed by atoms with E-state index >= 15 is 0 Å². The molecule has 2 aromatic heterocycles. The summed E-state index contributed by atoms with van der Waals surface area (Å²) >= 11 is 1.26.